The van der Waals surface area contributed by atoms with Crippen molar-refractivity contribution < 1.29 is 13.2 Å². The molecule has 0 rings (SSSR count). The summed E-state index contributed by atoms with van der Waals surface area (Å²) in [4.78, 5) is 13.4. The molecule has 1 unspecified atom stereocenters. The van der Waals surface area contributed by atoms with Gasteiger partial charge >= 0.3 is 0 Å². The molecule has 7 heteroatoms. The Bertz CT molecular complexity index is 392. The van der Waals surface area contributed by atoms with Crippen molar-refractivity contribution in [1.29, 1.82) is 0 Å². The molecule has 0 aromatic carbocycles. The highest BCUT2D eigenvalue weighted by molar-refractivity contribution is 7.89. The van der Waals surface area contributed by atoms with E-state index < -0.39 is 15.8 Å². The van der Waals surface area contributed by atoms with Gasteiger partial charge in [0.25, 0.3) is 0 Å². The summed E-state index contributed by atoms with van der Waals surface area (Å²) >= 11 is 0. The quantitative estimate of drug-likeness (QED) is 0.672. The molecule has 0 radical (unpaired) electrons. The summed E-state index contributed by atoms with van der Waals surface area (Å²) in [5, 5.41) is 0. The summed E-state index contributed by atoms with van der Waals surface area (Å²) in [6.07, 6.45) is 0.672. The van der Waals surface area contributed by atoms with Crippen molar-refractivity contribution in [2.45, 2.75) is 40.2 Å². The predicted molar refractivity (Wildman–Crippen MR) is 81.8 cm³/mol. The van der Waals surface area contributed by atoms with Gasteiger partial charge in [0.2, 0.25) is 15.9 Å². The van der Waals surface area contributed by atoms with Crippen LogP contribution in [0.1, 0.15) is 34.1 Å². The molecule has 0 bridgehead atoms. The maximum atomic E-state index is 12.0. The third-order valence-corrected chi connectivity index (χ3v) is 5.40. The first-order valence-corrected chi connectivity index (χ1v) is 8.73. The number of sulfonamides is 1. The van der Waals surface area contributed by atoms with E-state index in [0.717, 1.165) is 0 Å². The van der Waals surface area contributed by atoms with Crippen LogP contribution >= 0.6 is 0 Å². The van der Waals surface area contributed by atoms with Gasteiger partial charge in [-0.15, -0.1) is 0 Å². The van der Waals surface area contributed by atoms with Crippen LogP contribution in [0.3, 0.4) is 0 Å². The minimum atomic E-state index is -3.51. The van der Waals surface area contributed by atoms with Crippen LogP contribution < -0.4 is 5.73 Å². The fourth-order valence-corrected chi connectivity index (χ4v) is 3.28. The molecule has 1 amide bonds. The lowest BCUT2D eigenvalue weighted by Crippen LogP contribution is -2.41. The third-order valence-electron chi connectivity index (χ3n) is 3.48. The number of hydrogen-bond acceptors (Lipinski definition) is 4. The first-order chi connectivity index (χ1) is 9.15. The van der Waals surface area contributed by atoms with Crippen molar-refractivity contribution in [3.05, 3.63) is 0 Å². The molecule has 0 aliphatic rings. The number of amides is 1. The van der Waals surface area contributed by atoms with Gasteiger partial charge in [-0.05, 0) is 12.3 Å². The molecule has 20 heavy (non-hydrogen) atoms. The third kappa shape index (κ3) is 6.19. The van der Waals surface area contributed by atoms with Crippen LogP contribution in [0.15, 0.2) is 0 Å². The van der Waals surface area contributed by atoms with Gasteiger partial charge in [0.15, 0.2) is 0 Å². The van der Waals surface area contributed by atoms with Gasteiger partial charge in [0.05, 0.1) is 0 Å². The molecule has 0 aromatic rings. The van der Waals surface area contributed by atoms with Crippen molar-refractivity contribution in [3.63, 3.8) is 0 Å². The fraction of sp³-hybridized carbons (Fsp3) is 0.923. The van der Waals surface area contributed by atoms with Gasteiger partial charge in [0.1, 0.15) is 5.75 Å². The molecule has 0 heterocycles. The zero-order valence-electron chi connectivity index (χ0n) is 13.3. The minimum Gasteiger partial charge on any atom is -0.345 e. The van der Waals surface area contributed by atoms with Crippen molar-refractivity contribution in [3.8, 4) is 0 Å². The van der Waals surface area contributed by atoms with E-state index in [2.05, 4.69) is 0 Å². The molecule has 0 aliphatic carbocycles. The smallest absolute Gasteiger partial charge is 0.238 e. The second-order valence-corrected chi connectivity index (χ2v) is 7.32. The number of nitrogens with two attached hydrogens (primary N) is 1. The van der Waals surface area contributed by atoms with Crippen LogP contribution in [0, 0.1) is 5.92 Å². The predicted octanol–water partition coefficient (Wildman–Crippen LogP) is 0.490. The SMILES string of the molecule is CCN(CC)S(=O)(=O)CC(=O)N(C)CCC(N)C(C)C. The molecule has 1 atom stereocenters. The van der Waals surface area contributed by atoms with Crippen LogP contribution in [0.25, 0.3) is 0 Å². The Kier molecular flexibility index (Phi) is 8.30. The number of hydrogen-bond donors (Lipinski definition) is 1. The normalized spacial score (nSPS) is 13.8. The van der Waals surface area contributed by atoms with E-state index in [9.17, 15) is 13.2 Å². The van der Waals surface area contributed by atoms with Crippen LogP contribution in [-0.2, 0) is 14.8 Å². The van der Waals surface area contributed by atoms with Gasteiger partial charge < -0.3 is 10.6 Å². The Balaban J connectivity index is 4.46. The first kappa shape index (κ1) is 19.3. The van der Waals surface area contributed by atoms with E-state index in [1.165, 1.54) is 9.21 Å². The summed E-state index contributed by atoms with van der Waals surface area (Å²) in [5.74, 6) is -0.506. The monoisotopic (exact) mass is 307 g/mol. The number of rotatable bonds is 9. The topological polar surface area (TPSA) is 83.7 Å². The van der Waals surface area contributed by atoms with Crippen molar-refractivity contribution in [2.75, 3.05) is 32.4 Å². The van der Waals surface area contributed by atoms with E-state index >= 15 is 0 Å². The highest BCUT2D eigenvalue weighted by atomic mass is 32.2. The van der Waals surface area contributed by atoms with E-state index in [0.29, 0.717) is 32.0 Å². The van der Waals surface area contributed by atoms with Crippen LogP contribution in [0.4, 0.5) is 0 Å². The molecule has 120 valence electrons. The fourth-order valence-electron chi connectivity index (χ4n) is 1.78. The maximum absolute atomic E-state index is 12.0. The summed E-state index contributed by atoms with van der Waals surface area (Å²) in [6, 6.07) is 0.0182. The minimum absolute atomic E-state index is 0.0182. The number of carbonyl (C=O) groups is 1. The van der Waals surface area contributed by atoms with Gasteiger partial charge in [-0.2, -0.15) is 0 Å². The van der Waals surface area contributed by atoms with E-state index in [1.54, 1.807) is 20.9 Å². The zero-order chi connectivity index (χ0) is 15.9. The number of nitrogens with zero attached hydrogens (tertiary/aromatic N) is 2. The highest BCUT2D eigenvalue weighted by Gasteiger charge is 2.24. The molecule has 0 saturated heterocycles. The van der Waals surface area contributed by atoms with Gasteiger partial charge in [-0.1, -0.05) is 27.7 Å². The van der Waals surface area contributed by atoms with Crippen molar-refractivity contribution in [1.82, 2.24) is 9.21 Å². The first-order valence-electron chi connectivity index (χ1n) is 7.13. The maximum Gasteiger partial charge on any atom is 0.238 e. The molecule has 0 fully saturated rings. The average Bonchev–Trinajstić information content (AvgIpc) is 2.35. The number of carbonyl (C=O) groups excluding carboxylic acids is 1. The molecular weight excluding hydrogens is 278 g/mol. The van der Waals surface area contributed by atoms with E-state index in [4.69, 9.17) is 5.73 Å². The van der Waals surface area contributed by atoms with Gasteiger partial charge in [0, 0.05) is 32.7 Å². The summed E-state index contributed by atoms with van der Waals surface area (Å²) in [6.45, 7) is 8.82. The lowest BCUT2D eigenvalue weighted by molar-refractivity contribution is -0.127. The van der Waals surface area contributed by atoms with Gasteiger partial charge in [-0.25, -0.2) is 12.7 Å². The zero-order valence-corrected chi connectivity index (χ0v) is 14.1. The second-order valence-electron chi connectivity index (χ2n) is 5.35. The van der Waals surface area contributed by atoms with Crippen LogP contribution in [0.2, 0.25) is 0 Å². The lowest BCUT2D eigenvalue weighted by Gasteiger charge is -2.23. The molecule has 2 N–H and O–H groups in total. The summed E-state index contributed by atoms with van der Waals surface area (Å²) in [7, 11) is -1.89. The van der Waals surface area contributed by atoms with Crippen LogP contribution in [-0.4, -0.2) is 62.0 Å². The van der Waals surface area contributed by atoms with Crippen LogP contribution in [0.5, 0.6) is 0 Å². The standard InChI is InChI=1S/C13H29N3O3S/c1-6-16(7-2)20(18,19)10-13(17)15(5)9-8-12(14)11(3)4/h11-12H,6-10,14H2,1-5H3. The molecule has 0 spiro atoms. The summed E-state index contributed by atoms with van der Waals surface area (Å²) in [5.41, 5.74) is 5.92. The Morgan fingerprint density at radius 2 is 1.70 bits per heavy atom. The molecule has 0 saturated carbocycles. The van der Waals surface area contributed by atoms with Crippen molar-refractivity contribution in [2.24, 2.45) is 11.7 Å². The van der Waals surface area contributed by atoms with Gasteiger partial charge in [-0.3, -0.25) is 4.79 Å². The Morgan fingerprint density at radius 1 is 1.20 bits per heavy atom. The van der Waals surface area contributed by atoms with Crippen molar-refractivity contribution >= 4 is 15.9 Å². The Hall–Kier alpha value is -0.660. The molecular formula is C13H29N3O3S. The molecule has 0 aromatic heterocycles. The molecule has 0 aliphatic heterocycles. The summed E-state index contributed by atoms with van der Waals surface area (Å²) < 4.78 is 25.3. The lowest BCUT2D eigenvalue weighted by atomic mass is 10.0. The second kappa shape index (κ2) is 8.59. The average molecular weight is 307 g/mol. The van der Waals surface area contributed by atoms with E-state index in [1.807, 2.05) is 13.8 Å². The molecule has 6 nitrogen and oxygen atoms in total. The highest BCUT2D eigenvalue weighted by Crippen LogP contribution is 2.06. The van der Waals surface area contributed by atoms with E-state index in [-0.39, 0.29) is 11.9 Å². The largest absolute Gasteiger partial charge is 0.345 e. The Morgan fingerprint density at radius 3 is 2.10 bits per heavy atom. The Labute approximate surface area is 123 Å².